The molecule has 2 unspecified atom stereocenters. The fourth-order valence-electron chi connectivity index (χ4n) is 1.64. The Morgan fingerprint density at radius 2 is 1.90 bits per heavy atom. The quantitative estimate of drug-likeness (QED) is 0.663. The number of benzene rings is 1. The number of aliphatic hydroxyl groups excluding tert-OH is 1. The summed E-state index contributed by atoms with van der Waals surface area (Å²) >= 11 is 0. The van der Waals surface area contributed by atoms with Gasteiger partial charge >= 0.3 is 0 Å². The summed E-state index contributed by atoms with van der Waals surface area (Å²) in [6.07, 6.45) is -0.554. The van der Waals surface area contributed by atoms with Crippen LogP contribution in [-0.4, -0.2) is 36.3 Å². The predicted molar refractivity (Wildman–Crippen MR) is 78.7 cm³/mol. The normalized spacial score (nSPS) is 14.1. The zero-order chi connectivity index (χ0) is 15.1. The van der Waals surface area contributed by atoms with Gasteiger partial charge in [-0.1, -0.05) is 26.0 Å². The first-order valence-electron chi connectivity index (χ1n) is 6.83. The average Bonchev–Trinajstić information content (AvgIpc) is 2.42. The molecule has 0 radical (unpaired) electrons. The van der Waals surface area contributed by atoms with Crippen LogP contribution in [0.4, 0.5) is 0 Å². The molecule has 0 aliphatic carbocycles. The first-order valence-corrected chi connectivity index (χ1v) is 6.83. The molecular formula is C15H24N2O3. The second kappa shape index (κ2) is 7.87. The Hall–Kier alpha value is -1.59. The van der Waals surface area contributed by atoms with Crippen LogP contribution < -0.4 is 15.8 Å². The molecule has 0 aliphatic heterocycles. The summed E-state index contributed by atoms with van der Waals surface area (Å²) in [5.41, 5.74) is 6.11. The Morgan fingerprint density at radius 1 is 1.30 bits per heavy atom. The van der Waals surface area contributed by atoms with E-state index in [1.165, 1.54) is 0 Å². The van der Waals surface area contributed by atoms with Gasteiger partial charge in [0.1, 0.15) is 18.5 Å². The van der Waals surface area contributed by atoms with Crippen molar-refractivity contribution in [2.45, 2.75) is 38.8 Å². The van der Waals surface area contributed by atoms with Gasteiger partial charge in [0.2, 0.25) is 5.91 Å². The molecule has 0 heterocycles. The zero-order valence-electron chi connectivity index (χ0n) is 12.3. The smallest absolute Gasteiger partial charge is 0.224 e. The number of rotatable bonds is 8. The zero-order valence-corrected chi connectivity index (χ0v) is 12.3. The van der Waals surface area contributed by atoms with Gasteiger partial charge in [0, 0.05) is 12.6 Å². The topological polar surface area (TPSA) is 84.6 Å². The van der Waals surface area contributed by atoms with E-state index >= 15 is 0 Å². The van der Waals surface area contributed by atoms with Crippen molar-refractivity contribution >= 4 is 5.91 Å². The van der Waals surface area contributed by atoms with Crippen molar-refractivity contribution in [3.8, 4) is 5.75 Å². The molecule has 1 aromatic carbocycles. The number of primary amides is 1. The highest BCUT2D eigenvalue weighted by atomic mass is 16.5. The van der Waals surface area contributed by atoms with Crippen LogP contribution in [0, 0.1) is 0 Å². The van der Waals surface area contributed by atoms with Crippen LogP contribution in [0.15, 0.2) is 24.3 Å². The van der Waals surface area contributed by atoms with E-state index in [2.05, 4.69) is 5.32 Å². The van der Waals surface area contributed by atoms with Crippen LogP contribution >= 0.6 is 0 Å². The highest BCUT2D eigenvalue weighted by Gasteiger charge is 2.11. The maximum Gasteiger partial charge on any atom is 0.224 e. The van der Waals surface area contributed by atoms with Gasteiger partial charge in [0.25, 0.3) is 0 Å². The number of hydrogen-bond donors (Lipinski definition) is 3. The van der Waals surface area contributed by atoms with Crippen LogP contribution in [0.2, 0.25) is 0 Å². The van der Waals surface area contributed by atoms with Gasteiger partial charge in [-0.15, -0.1) is 0 Å². The lowest BCUT2D eigenvalue weighted by molar-refractivity contribution is -0.119. The van der Waals surface area contributed by atoms with Crippen molar-refractivity contribution in [1.82, 2.24) is 5.32 Å². The van der Waals surface area contributed by atoms with Crippen molar-refractivity contribution in [3.05, 3.63) is 29.8 Å². The monoisotopic (exact) mass is 280 g/mol. The number of hydrogen-bond acceptors (Lipinski definition) is 4. The Kier molecular flexibility index (Phi) is 6.48. The van der Waals surface area contributed by atoms with Gasteiger partial charge in [0.15, 0.2) is 0 Å². The number of carbonyl (C=O) groups is 1. The number of ether oxygens (including phenoxy) is 1. The van der Waals surface area contributed by atoms with Crippen LogP contribution in [0.1, 0.15) is 32.3 Å². The fraction of sp³-hybridized carbons (Fsp3) is 0.533. The Bertz CT molecular complexity index is 418. The van der Waals surface area contributed by atoms with Gasteiger partial charge < -0.3 is 20.9 Å². The Balaban J connectivity index is 2.44. The van der Waals surface area contributed by atoms with Crippen molar-refractivity contribution in [3.63, 3.8) is 0 Å². The third-order valence-corrected chi connectivity index (χ3v) is 3.01. The van der Waals surface area contributed by atoms with Crippen molar-refractivity contribution < 1.29 is 14.6 Å². The molecule has 0 aliphatic rings. The van der Waals surface area contributed by atoms with Gasteiger partial charge in [-0.2, -0.15) is 0 Å². The lowest BCUT2D eigenvalue weighted by Gasteiger charge is -2.15. The first-order chi connectivity index (χ1) is 9.40. The van der Waals surface area contributed by atoms with E-state index in [1.807, 2.05) is 26.0 Å². The fourth-order valence-corrected chi connectivity index (χ4v) is 1.64. The molecule has 5 heteroatoms. The van der Waals surface area contributed by atoms with E-state index < -0.39 is 6.10 Å². The molecule has 5 nitrogen and oxygen atoms in total. The summed E-state index contributed by atoms with van der Waals surface area (Å²) in [4.78, 5) is 11.1. The lowest BCUT2D eigenvalue weighted by atomic mass is 10.0. The number of nitrogens with one attached hydrogen (secondary N) is 1. The average molecular weight is 280 g/mol. The minimum atomic E-state index is -0.554. The number of aliphatic hydroxyl groups is 1. The largest absolute Gasteiger partial charge is 0.491 e. The number of carbonyl (C=O) groups excluding carboxylic acids is 1. The Labute approximate surface area is 120 Å². The number of nitrogens with two attached hydrogens (primary N) is 1. The maximum absolute atomic E-state index is 11.1. The van der Waals surface area contributed by atoms with Crippen LogP contribution in [0.25, 0.3) is 0 Å². The van der Waals surface area contributed by atoms with E-state index in [0.29, 0.717) is 18.3 Å². The van der Waals surface area contributed by atoms with Crippen LogP contribution in [0.3, 0.4) is 0 Å². The van der Waals surface area contributed by atoms with E-state index in [9.17, 15) is 9.90 Å². The summed E-state index contributed by atoms with van der Waals surface area (Å²) in [6, 6.07) is 7.50. The molecule has 0 aromatic heterocycles. The summed E-state index contributed by atoms with van der Waals surface area (Å²) in [6.45, 7) is 6.52. The van der Waals surface area contributed by atoms with Gasteiger partial charge in [-0.3, -0.25) is 4.79 Å². The molecule has 2 atom stereocenters. The van der Waals surface area contributed by atoms with E-state index in [0.717, 1.165) is 5.56 Å². The molecule has 1 amide bonds. The molecule has 1 aromatic rings. The van der Waals surface area contributed by atoms with Crippen molar-refractivity contribution in [2.75, 3.05) is 13.2 Å². The number of amides is 1. The molecule has 4 N–H and O–H groups in total. The molecule has 0 fully saturated rings. The standard InChI is InChI=1S/C15H24N2O3/c1-10(2)17-8-13(18)9-20-14-6-4-12(5-7-14)11(3)15(16)19/h4-7,10-11,13,17-18H,8-9H2,1-3H3,(H2,16,19). The van der Waals surface area contributed by atoms with Gasteiger partial charge in [-0.25, -0.2) is 0 Å². The van der Waals surface area contributed by atoms with Gasteiger partial charge in [0.05, 0.1) is 5.92 Å². The first kappa shape index (κ1) is 16.5. The van der Waals surface area contributed by atoms with Crippen LogP contribution in [-0.2, 0) is 4.79 Å². The molecule has 20 heavy (non-hydrogen) atoms. The second-order valence-electron chi connectivity index (χ2n) is 5.22. The summed E-state index contributed by atoms with van der Waals surface area (Å²) in [5, 5.41) is 12.9. The third kappa shape index (κ3) is 5.59. The summed E-state index contributed by atoms with van der Waals surface area (Å²) in [7, 11) is 0. The predicted octanol–water partition coefficient (Wildman–Crippen LogP) is 1.01. The molecule has 112 valence electrons. The molecular weight excluding hydrogens is 256 g/mol. The van der Waals surface area contributed by atoms with Gasteiger partial charge in [-0.05, 0) is 24.6 Å². The second-order valence-corrected chi connectivity index (χ2v) is 5.22. The lowest BCUT2D eigenvalue weighted by Crippen LogP contribution is -2.35. The highest BCUT2D eigenvalue weighted by molar-refractivity contribution is 5.81. The van der Waals surface area contributed by atoms with Crippen LogP contribution in [0.5, 0.6) is 5.75 Å². The highest BCUT2D eigenvalue weighted by Crippen LogP contribution is 2.19. The molecule has 0 spiro atoms. The molecule has 0 bridgehead atoms. The third-order valence-electron chi connectivity index (χ3n) is 3.01. The van der Waals surface area contributed by atoms with E-state index in [1.54, 1.807) is 19.1 Å². The maximum atomic E-state index is 11.1. The SMILES string of the molecule is CC(C)NCC(O)COc1ccc(C(C)C(N)=O)cc1. The minimum absolute atomic E-state index is 0.227. The van der Waals surface area contributed by atoms with Crippen molar-refractivity contribution in [2.24, 2.45) is 5.73 Å². The Morgan fingerprint density at radius 3 is 2.40 bits per heavy atom. The van der Waals surface area contributed by atoms with Crippen molar-refractivity contribution in [1.29, 1.82) is 0 Å². The summed E-state index contributed by atoms with van der Waals surface area (Å²) < 4.78 is 5.49. The molecule has 0 saturated carbocycles. The summed E-state index contributed by atoms with van der Waals surface area (Å²) in [5.74, 6) is -0.00671. The molecule has 0 saturated heterocycles. The van der Waals surface area contributed by atoms with E-state index in [4.69, 9.17) is 10.5 Å². The molecule has 1 rings (SSSR count). The van der Waals surface area contributed by atoms with E-state index in [-0.39, 0.29) is 18.4 Å². The minimum Gasteiger partial charge on any atom is -0.491 e.